The molecule has 0 aliphatic carbocycles. The molecule has 4 nitrogen and oxygen atoms in total. The third kappa shape index (κ3) is 3.48. The van der Waals surface area contributed by atoms with Crippen LogP contribution in [0.25, 0.3) is 0 Å². The van der Waals surface area contributed by atoms with Crippen LogP contribution in [0.1, 0.15) is 16.1 Å². The Morgan fingerprint density at radius 1 is 1.16 bits per heavy atom. The summed E-state index contributed by atoms with van der Waals surface area (Å²) in [5.41, 5.74) is -2.54. The lowest BCUT2D eigenvalue weighted by Gasteiger charge is -2.18. The summed E-state index contributed by atoms with van der Waals surface area (Å²) in [5, 5.41) is 0. The number of ether oxygens (including phenoxy) is 2. The van der Waals surface area contributed by atoms with Gasteiger partial charge in [-0.15, -0.1) is 13.2 Å². The van der Waals surface area contributed by atoms with Crippen molar-refractivity contribution in [1.82, 2.24) is 4.98 Å². The van der Waals surface area contributed by atoms with Crippen LogP contribution in [-0.4, -0.2) is 24.7 Å². The fourth-order valence-electron chi connectivity index (χ4n) is 1.19. The summed E-state index contributed by atoms with van der Waals surface area (Å²) in [6.45, 7) is 0. The van der Waals surface area contributed by atoms with E-state index in [2.05, 4.69) is 14.5 Å². The van der Waals surface area contributed by atoms with Crippen LogP contribution >= 0.6 is 0 Å². The highest BCUT2D eigenvalue weighted by Crippen LogP contribution is 2.44. The van der Waals surface area contributed by atoms with Crippen molar-refractivity contribution in [3.8, 4) is 11.5 Å². The summed E-state index contributed by atoms with van der Waals surface area (Å²) in [5.74, 6) is -2.69. The predicted molar refractivity (Wildman–Crippen MR) is 47.9 cm³/mol. The van der Waals surface area contributed by atoms with E-state index in [0.29, 0.717) is 0 Å². The lowest BCUT2D eigenvalue weighted by Crippen LogP contribution is -2.21. The molecular weight excluding hydrogens is 284 g/mol. The molecule has 0 saturated heterocycles. The Hall–Kier alpha value is -2.00. The number of aromatic nitrogens is 1. The van der Waals surface area contributed by atoms with Crippen LogP contribution < -0.4 is 9.47 Å². The maximum atomic E-state index is 12.5. The van der Waals surface area contributed by atoms with E-state index < -0.39 is 35.3 Å². The summed E-state index contributed by atoms with van der Waals surface area (Å²) in [6.07, 6.45) is -10.5. The summed E-state index contributed by atoms with van der Waals surface area (Å²) in [6, 6.07) is 0. The van der Waals surface area contributed by atoms with Crippen LogP contribution in [0.2, 0.25) is 0 Å². The van der Waals surface area contributed by atoms with Crippen LogP contribution in [0.4, 0.5) is 26.3 Å². The number of alkyl halides is 6. The third-order valence-corrected chi connectivity index (χ3v) is 1.86. The van der Waals surface area contributed by atoms with E-state index in [0.717, 1.165) is 7.11 Å². The SMILES string of the molecule is COc1c(C=O)ncc(C(F)(F)F)c1OC(F)(F)F. The number of hydrogen-bond acceptors (Lipinski definition) is 4. The zero-order valence-corrected chi connectivity index (χ0v) is 9.09. The van der Waals surface area contributed by atoms with E-state index in [-0.39, 0.29) is 12.5 Å². The predicted octanol–water partition coefficient (Wildman–Crippen LogP) is 2.82. The fourth-order valence-corrected chi connectivity index (χ4v) is 1.19. The van der Waals surface area contributed by atoms with Crippen LogP contribution in [-0.2, 0) is 6.18 Å². The normalized spacial score (nSPS) is 12.2. The first-order valence-electron chi connectivity index (χ1n) is 4.45. The van der Waals surface area contributed by atoms with Gasteiger partial charge in [-0.25, -0.2) is 4.98 Å². The molecule has 0 fully saturated rings. The van der Waals surface area contributed by atoms with Crippen molar-refractivity contribution >= 4 is 6.29 Å². The molecule has 0 amide bonds. The minimum atomic E-state index is -5.38. The first kappa shape index (κ1) is 15.1. The van der Waals surface area contributed by atoms with Crippen LogP contribution in [0.15, 0.2) is 6.20 Å². The van der Waals surface area contributed by atoms with Crippen LogP contribution in [0.3, 0.4) is 0 Å². The first-order valence-corrected chi connectivity index (χ1v) is 4.45. The van der Waals surface area contributed by atoms with Gasteiger partial charge in [0, 0.05) is 6.20 Å². The standard InChI is InChI=1S/C9H5F6NO3/c1-18-7-5(3-17)16-2-4(8(10,11)12)6(7)19-9(13,14)15/h2-3H,1H3. The average Bonchev–Trinajstić information content (AvgIpc) is 2.24. The Kier molecular flexibility index (Phi) is 3.91. The summed E-state index contributed by atoms with van der Waals surface area (Å²) >= 11 is 0. The van der Waals surface area contributed by atoms with E-state index in [1.165, 1.54) is 0 Å². The molecule has 1 heterocycles. The second-order valence-corrected chi connectivity index (χ2v) is 3.08. The summed E-state index contributed by atoms with van der Waals surface area (Å²) in [4.78, 5) is 13.6. The second kappa shape index (κ2) is 4.94. The van der Waals surface area contributed by atoms with E-state index in [4.69, 9.17) is 0 Å². The van der Waals surface area contributed by atoms with Gasteiger partial charge in [0.2, 0.25) is 0 Å². The van der Waals surface area contributed by atoms with E-state index in [1.807, 2.05) is 0 Å². The smallest absolute Gasteiger partial charge is 0.491 e. The molecule has 10 heteroatoms. The minimum absolute atomic E-state index is 0.0534. The molecule has 0 bridgehead atoms. The second-order valence-electron chi connectivity index (χ2n) is 3.08. The van der Waals surface area contributed by atoms with Gasteiger partial charge in [0.15, 0.2) is 17.8 Å². The monoisotopic (exact) mass is 289 g/mol. The van der Waals surface area contributed by atoms with Crippen LogP contribution in [0.5, 0.6) is 11.5 Å². The Balaban J connectivity index is 3.53. The molecular formula is C9H5F6NO3. The van der Waals surface area contributed by atoms with Crippen LogP contribution in [0, 0.1) is 0 Å². The van der Waals surface area contributed by atoms with E-state index in [1.54, 1.807) is 0 Å². The van der Waals surface area contributed by atoms with Crippen molar-refractivity contribution in [2.45, 2.75) is 12.5 Å². The number of methoxy groups -OCH3 is 1. The number of rotatable bonds is 3. The molecule has 0 atom stereocenters. The van der Waals surface area contributed by atoms with Gasteiger partial charge in [-0.05, 0) is 0 Å². The number of pyridine rings is 1. The molecule has 1 rings (SSSR count). The van der Waals surface area contributed by atoms with E-state index >= 15 is 0 Å². The van der Waals surface area contributed by atoms with Crippen molar-refractivity contribution in [3.05, 3.63) is 17.5 Å². The summed E-state index contributed by atoms with van der Waals surface area (Å²) in [7, 11) is 0.785. The Morgan fingerprint density at radius 3 is 2.11 bits per heavy atom. The molecule has 0 spiro atoms. The molecule has 1 aromatic rings. The van der Waals surface area contributed by atoms with Gasteiger partial charge in [-0.2, -0.15) is 13.2 Å². The van der Waals surface area contributed by atoms with Gasteiger partial charge in [0.1, 0.15) is 11.3 Å². The lowest BCUT2D eigenvalue weighted by atomic mass is 10.2. The van der Waals surface area contributed by atoms with Gasteiger partial charge in [0.25, 0.3) is 0 Å². The highest BCUT2D eigenvalue weighted by molar-refractivity contribution is 5.78. The average molecular weight is 289 g/mol. The Morgan fingerprint density at radius 2 is 1.74 bits per heavy atom. The molecule has 1 aromatic heterocycles. The molecule has 106 valence electrons. The zero-order chi connectivity index (χ0) is 14.8. The largest absolute Gasteiger partial charge is 0.573 e. The molecule has 0 N–H and O–H groups in total. The van der Waals surface area contributed by atoms with Gasteiger partial charge in [-0.3, -0.25) is 4.79 Å². The topological polar surface area (TPSA) is 48.4 Å². The van der Waals surface area contributed by atoms with Crippen molar-refractivity contribution in [3.63, 3.8) is 0 Å². The van der Waals surface area contributed by atoms with Gasteiger partial charge < -0.3 is 9.47 Å². The van der Waals surface area contributed by atoms with Crippen molar-refractivity contribution in [2.24, 2.45) is 0 Å². The Bertz CT molecular complexity index is 482. The van der Waals surface area contributed by atoms with Gasteiger partial charge in [0.05, 0.1) is 7.11 Å². The number of carbonyl (C=O) groups excluding carboxylic acids is 1. The maximum Gasteiger partial charge on any atom is 0.573 e. The molecule has 0 radical (unpaired) electrons. The van der Waals surface area contributed by atoms with Gasteiger partial charge in [-0.1, -0.05) is 0 Å². The fraction of sp³-hybridized carbons (Fsp3) is 0.333. The molecule has 19 heavy (non-hydrogen) atoms. The van der Waals surface area contributed by atoms with E-state index in [9.17, 15) is 31.1 Å². The van der Waals surface area contributed by atoms with Gasteiger partial charge >= 0.3 is 12.5 Å². The molecule has 0 unspecified atom stereocenters. The third-order valence-electron chi connectivity index (χ3n) is 1.86. The quantitative estimate of drug-likeness (QED) is 0.634. The van der Waals surface area contributed by atoms with Crippen molar-refractivity contribution < 1.29 is 40.6 Å². The number of nitrogens with zero attached hydrogens (tertiary/aromatic N) is 1. The van der Waals surface area contributed by atoms with Crippen molar-refractivity contribution in [1.29, 1.82) is 0 Å². The zero-order valence-electron chi connectivity index (χ0n) is 9.09. The number of hydrogen-bond donors (Lipinski definition) is 0. The molecule has 0 saturated carbocycles. The summed E-state index contributed by atoms with van der Waals surface area (Å²) < 4.78 is 81.6. The number of halogens is 6. The maximum absolute atomic E-state index is 12.5. The molecule has 0 aromatic carbocycles. The highest BCUT2D eigenvalue weighted by Gasteiger charge is 2.42. The Labute approximate surface area is 101 Å². The first-order chi connectivity index (χ1) is 8.60. The minimum Gasteiger partial charge on any atom is -0.491 e. The lowest BCUT2D eigenvalue weighted by molar-refractivity contribution is -0.276. The molecule has 0 aliphatic rings. The number of aldehydes is 1. The van der Waals surface area contributed by atoms with Crippen molar-refractivity contribution in [2.75, 3.05) is 7.11 Å². The molecule has 0 aliphatic heterocycles. The number of carbonyl (C=O) groups is 1. The highest BCUT2D eigenvalue weighted by atomic mass is 19.4.